The van der Waals surface area contributed by atoms with Crippen molar-refractivity contribution in [2.45, 2.75) is 43.7 Å². The number of nitrogens with one attached hydrogen (secondary N) is 1. The molecule has 1 amide bonds. The first-order valence-electron chi connectivity index (χ1n) is 11.0. The first kappa shape index (κ1) is 19.9. The van der Waals surface area contributed by atoms with Crippen LogP contribution in [0, 0.1) is 11.7 Å². The molecular formula is C25H26FN3O2. The average Bonchev–Trinajstić information content (AvgIpc) is 3.30. The van der Waals surface area contributed by atoms with Crippen LogP contribution in [0.3, 0.4) is 0 Å². The summed E-state index contributed by atoms with van der Waals surface area (Å²) >= 11 is 0. The van der Waals surface area contributed by atoms with Gasteiger partial charge in [-0.05, 0) is 43.0 Å². The zero-order valence-corrected chi connectivity index (χ0v) is 17.3. The van der Waals surface area contributed by atoms with E-state index in [0.717, 1.165) is 31.2 Å². The van der Waals surface area contributed by atoms with Crippen molar-refractivity contribution in [3.05, 3.63) is 77.7 Å². The standard InChI is InChI=1S/C25H26FN3O2/c26-20-12-6-4-10-18(20)21-16-22(28-27-21)24(30)29-15-14-25(31,17-8-2-1-3-9-17)19-11-5-7-13-23(19)29/h1-4,6,8-10,12,16,19,23,31H,5,7,11,13-15H2,(H,27,28)/t19-,23-,25?/m0/s1. The number of aliphatic hydroxyl groups is 1. The van der Waals surface area contributed by atoms with Gasteiger partial charge in [0.05, 0.1) is 11.3 Å². The summed E-state index contributed by atoms with van der Waals surface area (Å²) in [6.07, 6.45) is 4.36. The van der Waals surface area contributed by atoms with Crippen LogP contribution in [0.15, 0.2) is 60.7 Å². The second-order valence-electron chi connectivity index (χ2n) is 8.64. The average molecular weight is 420 g/mol. The fourth-order valence-electron chi connectivity index (χ4n) is 5.41. The zero-order valence-electron chi connectivity index (χ0n) is 17.3. The summed E-state index contributed by atoms with van der Waals surface area (Å²) < 4.78 is 14.1. The molecule has 2 aliphatic rings. The number of hydrogen-bond donors (Lipinski definition) is 2. The van der Waals surface area contributed by atoms with E-state index in [-0.39, 0.29) is 23.7 Å². The molecular weight excluding hydrogens is 393 g/mol. The third-order valence-corrected chi connectivity index (χ3v) is 6.97. The molecule has 5 nitrogen and oxygen atoms in total. The number of nitrogens with zero attached hydrogens (tertiary/aromatic N) is 2. The van der Waals surface area contributed by atoms with Crippen molar-refractivity contribution in [3.8, 4) is 11.3 Å². The number of H-pyrrole nitrogens is 1. The predicted octanol–water partition coefficient (Wildman–Crippen LogP) is 4.51. The van der Waals surface area contributed by atoms with E-state index in [2.05, 4.69) is 10.2 Å². The van der Waals surface area contributed by atoms with Crippen molar-refractivity contribution >= 4 is 5.91 Å². The molecule has 1 saturated carbocycles. The maximum absolute atomic E-state index is 14.1. The third-order valence-electron chi connectivity index (χ3n) is 6.97. The molecule has 0 radical (unpaired) electrons. The fourth-order valence-corrected chi connectivity index (χ4v) is 5.41. The Labute approximate surface area is 180 Å². The Balaban J connectivity index is 1.43. The van der Waals surface area contributed by atoms with Gasteiger partial charge in [0.2, 0.25) is 0 Å². The highest BCUT2D eigenvalue weighted by atomic mass is 19.1. The summed E-state index contributed by atoms with van der Waals surface area (Å²) in [5.74, 6) is -0.511. The number of piperidine rings is 1. The molecule has 1 aromatic heterocycles. The molecule has 1 unspecified atom stereocenters. The van der Waals surface area contributed by atoms with E-state index in [1.165, 1.54) is 6.07 Å². The van der Waals surface area contributed by atoms with Crippen LogP contribution in [0.4, 0.5) is 4.39 Å². The summed E-state index contributed by atoms with van der Waals surface area (Å²) in [4.78, 5) is 15.3. The summed E-state index contributed by atoms with van der Waals surface area (Å²) in [7, 11) is 0. The molecule has 2 heterocycles. The molecule has 1 saturated heterocycles. The van der Waals surface area contributed by atoms with E-state index in [1.54, 1.807) is 24.3 Å². The first-order valence-corrected chi connectivity index (χ1v) is 11.0. The Hall–Kier alpha value is -2.99. The van der Waals surface area contributed by atoms with Gasteiger partial charge in [-0.3, -0.25) is 9.89 Å². The molecule has 3 atom stereocenters. The van der Waals surface area contributed by atoms with Gasteiger partial charge in [-0.2, -0.15) is 5.10 Å². The molecule has 160 valence electrons. The Morgan fingerprint density at radius 3 is 2.65 bits per heavy atom. The van der Waals surface area contributed by atoms with Crippen LogP contribution in [0.5, 0.6) is 0 Å². The number of hydrogen-bond acceptors (Lipinski definition) is 3. The van der Waals surface area contributed by atoms with Gasteiger partial charge in [-0.1, -0.05) is 55.3 Å². The van der Waals surface area contributed by atoms with Crippen LogP contribution in [-0.4, -0.2) is 38.7 Å². The van der Waals surface area contributed by atoms with Gasteiger partial charge in [0.1, 0.15) is 11.5 Å². The summed E-state index contributed by atoms with van der Waals surface area (Å²) in [5, 5.41) is 18.7. The molecule has 2 aromatic carbocycles. The van der Waals surface area contributed by atoms with Crippen molar-refractivity contribution in [1.29, 1.82) is 0 Å². The maximum atomic E-state index is 14.1. The number of aromatic amines is 1. The van der Waals surface area contributed by atoms with Gasteiger partial charge in [0.15, 0.2) is 0 Å². The second kappa shape index (κ2) is 7.93. The summed E-state index contributed by atoms with van der Waals surface area (Å²) in [6.45, 7) is 0.472. The monoisotopic (exact) mass is 419 g/mol. The van der Waals surface area contributed by atoms with Crippen LogP contribution in [-0.2, 0) is 5.60 Å². The van der Waals surface area contributed by atoms with Crippen LogP contribution < -0.4 is 0 Å². The van der Waals surface area contributed by atoms with Crippen LogP contribution >= 0.6 is 0 Å². The van der Waals surface area contributed by atoms with Gasteiger partial charge in [-0.15, -0.1) is 0 Å². The lowest BCUT2D eigenvalue weighted by molar-refractivity contribution is -0.110. The van der Waals surface area contributed by atoms with Gasteiger partial charge in [-0.25, -0.2) is 4.39 Å². The molecule has 2 N–H and O–H groups in total. The Morgan fingerprint density at radius 1 is 1.10 bits per heavy atom. The minimum atomic E-state index is -0.921. The molecule has 6 heteroatoms. The first-order chi connectivity index (χ1) is 15.1. The predicted molar refractivity (Wildman–Crippen MR) is 116 cm³/mol. The van der Waals surface area contributed by atoms with E-state index < -0.39 is 5.60 Å². The Morgan fingerprint density at radius 2 is 1.84 bits per heavy atom. The molecule has 0 bridgehead atoms. The van der Waals surface area contributed by atoms with Crippen LogP contribution in [0.1, 0.15) is 48.2 Å². The van der Waals surface area contributed by atoms with Gasteiger partial charge >= 0.3 is 0 Å². The minimum Gasteiger partial charge on any atom is -0.385 e. The maximum Gasteiger partial charge on any atom is 0.272 e. The van der Waals surface area contributed by atoms with Gasteiger partial charge in [0, 0.05) is 24.1 Å². The normalized spacial score (nSPS) is 25.8. The highest BCUT2D eigenvalue weighted by molar-refractivity contribution is 5.93. The van der Waals surface area contributed by atoms with E-state index in [0.29, 0.717) is 29.9 Å². The number of rotatable bonds is 3. The number of amides is 1. The van der Waals surface area contributed by atoms with Crippen molar-refractivity contribution < 1.29 is 14.3 Å². The summed E-state index contributed by atoms with van der Waals surface area (Å²) in [5.41, 5.74) is 1.15. The quantitative estimate of drug-likeness (QED) is 0.656. The van der Waals surface area contributed by atoms with E-state index >= 15 is 0 Å². The van der Waals surface area contributed by atoms with Crippen molar-refractivity contribution in [2.75, 3.05) is 6.54 Å². The Bertz CT molecular complexity index is 1080. The highest BCUT2D eigenvalue weighted by Gasteiger charge is 2.50. The lowest BCUT2D eigenvalue weighted by Gasteiger charge is -2.52. The van der Waals surface area contributed by atoms with Crippen LogP contribution in [0.25, 0.3) is 11.3 Å². The number of likely N-dealkylation sites (tertiary alicyclic amines) is 1. The van der Waals surface area contributed by atoms with Crippen molar-refractivity contribution in [3.63, 3.8) is 0 Å². The number of halogens is 1. The number of benzene rings is 2. The number of carbonyl (C=O) groups excluding carboxylic acids is 1. The van der Waals surface area contributed by atoms with Crippen molar-refractivity contribution in [2.24, 2.45) is 5.92 Å². The lowest BCUT2D eigenvalue weighted by Crippen LogP contribution is -2.59. The smallest absolute Gasteiger partial charge is 0.272 e. The molecule has 1 aliphatic carbocycles. The zero-order chi connectivity index (χ0) is 21.4. The number of aromatic nitrogens is 2. The van der Waals surface area contributed by atoms with E-state index in [9.17, 15) is 14.3 Å². The SMILES string of the molecule is O=C(c1cc(-c2ccccc2F)n[nH]1)N1CCC(O)(c2ccccc2)[C@H]2CCCC[C@@H]21. The second-order valence-corrected chi connectivity index (χ2v) is 8.64. The molecule has 0 spiro atoms. The molecule has 1 aliphatic heterocycles. The number of carbonyl (C=O) groups is 1. The van der Waals surface area contributed by atoms with Crippen molar-refractivity contribution in [1.82, 2.24) is 15.1 Å². The van der Waals surface area contributed by atoms with E-state index in [4.69, 9.17) is 0 Å². The number of fused-ring (bicyclic) bond motifs is 1. The Kier molecular flexibility index (Phi) is 5.10. The highest BCUT2D eigenvalue weighted by Crippen LogP contribution is 2.47. The van der Waals surface area contributed by atoms with E-state index in [1.807, 2.05) is 35.2 Å². The van der Waals surface area contributed by atoms with Gasteiger partial charge < -0.3 is 10.0 Å². The minimum absolute atomic E-state index is 0.00434. The summed E-state index contributed by atoms with van der Waals surface area (Å²) in [6, 6.07) is 17.8. The largest absolute Gasteiger partial charge is 0.385 e. The lowest BCUT2D eigenvalue weighted by atomic mass is 9.66. The van der Waals surface area contributed by atoms with Crippen LogP contribution in [0.2, 0.25) is 0 Å². The van der Waals surface area contributed by atoms with Gasteiger partial charge in [0.25, 0.3) is 5.91 Å². The molecule has 2 fully saturated rings. The molecule has 3 aromatic rings. The fraction of sp³-hybridized carbons (Fsp3) is 0.360. The molecule has 5 rings (SSSR count). The topological polar surface area (TPSA) is 69.2 Å². The third kappa shape index (κ3) is 3.45. The molecule has 31 heavy (non-hydrogen) atoms.